The summed E-state index contributed by atoms with van der Waals surface area (Å²) in [6.45, 7) is 1.42. The van der Waals surface area contributed by atoms with Crippen molar-refractivity contribution in [1.82, 2.24) is 5.43 Å². The third-order valence-corrected chi connectivity index (χ3v) is 7.20. The summed E-state index contributed by atoms with van der Waals surface area (Å²) < 4.78 is 33.6. The Kier molecular flexibility index (Phi) is 8.12. The van der Waals surface area contributed by atoms with Crippen LogP contribution in [-0.4, -0.2) is 34.2 Å². The summed E-state index contributed by atoms with van der Waals surface area (Å²) in [5.41, 5.74) is 4.36. The first kappa shape index (κ1) is 24.8. The van der Waals surface area contributed by atoms with E-state index in [1.807, 2.05) is 6.92 Å². The molecule has 0 atom stereocenters. The standard InChI is InChI=1S/C23H21BrClN3O4S/c1-16-6-8-19(9-7-16)28(33(30,31)20-10-11-22(32-2)21(24)13-20)15-23(29)27-26-14-17-4-3-5-18(25)12-17/h3-14H,15H2,1-2H3,(H,27,29)/b26-14+. The molecule has 1 N–H and O–H groups in total. The van der Waals surface area contributed by atoms with Crippen LogP contribution in [0.2, 0.25) is 5.02 Å². The van der Waals surface area contributed by atoms with Gasteiger partial charge in [-0.2, -0.15) is 5.10 Å². The van der Waals surface area contributed by atoms with E-state index < -0.39 is 22.5 Å². The molecule has 0 bridgehead atoms. The average Bonchev–Trinajstić information content (AvgIpc) is 2.78. The second-order valence-corrected chi connectivity index (χ2v) is 10.1. The molecular weight excluding hydrogens is 530 g/mol. The summed E-state index contributed by atoms with van der Waals surface area (Å²) in [5.74, 6) is -0.117. The molecule has 0 spiro atoms. The maximum absolute atomic E-state index is 13.5. The summed E-state index contributed by atoms with van der Waals surface area (Å²) in [5, 5.41) is 4.44. The van der Waals surface area contributed by atoms with Crippen LogP contribution in [0.5, 0.6) is 5.75 Å². The van der Waals surface area contributed by atoms with Gasteiger partial charge in [-0.3, -0.25) is 9.10 Å². The molecule has 0 aromatic heterocycles. The van der Waals surface area contributed by atoms with Gasteiger partial charge < -0.3 is 4.74 Å². The van der Waals surface area contributed by atoms with Crippen molar-refractivity contribution in [3.05, 3.63) is 87.4 Å². The Morgan fingerprint density at radius 2 is 1.88 bits per heavy atom. The van der Waals surface area contributed by atoms with Crippen LogP contribution in [0.4, 0.5) is 5.69 Å². The molecule has 1 amide bonds. The van der Waals surface area contributed by atoms with Crippen molar-refractivity contribution in [1.29, 1.82) is 0 Å². The predicted octanol–water partition coefficient (Wildman–Crippen LogP) is 4.77. The Balaban J connectivity index is 1.87. The number of rotatable bonds is 8. The number of hydrogen-bond donors (Lipinski definition) is 1. The zero-order chi connectivity index (χ0) is 24.0. The van der Waals surface area contributed by atoms with Gasteiger partial charge in [0.05, 0.1) is 28.4 Å². The Morgan fingerprint density at radius 1 is 1.15 bits per heavy atom. The zero-order valence-corrected chi connectivity index (χ0v) is 21.0. The first-order chi connectivity index (χ1) is 15.7. The van der Waals surface area contributed by atoms with Crippen LogP contribution in [0.25, 0.3) is 0 Å². The van der Waals surface area contributed by atoms with Gasteiger partial charge in [0.25, 0.3) is 15.9 Å². The van der Waals surface area contributed by atoms with Gasteiger partial charge in [-0.25, -0.2) is 13.8 Å². The van der Waals surface area contributed by atoms with E-state index in [1.165, 1.54) is 25.5 Å². The SMILES string of the molecule is COc1ccc(S(=O)(=O)N(CC(=O)N/N=C/c2cccc(Cl)c2)c2ccc(C)cc2)cc1Br. The number of sulfonamides is 1. The van der Waals surface area contributed by atoms with Gasteiger partial charge in [0.1, 0.15) is 12.3 Å². The summed E-state index contributed by atoms with van der Waals surface area (Å²) in [6, 6.07) is 18.2. The van der Waals surface area contributed by atoms with Crippen molar-refractivity contribution in [2.24, 2.45) is 5.10 Å². The number of carbonyl (C=O) groups excluding carboxylic acids is 1. The molecule has 0 saturated heterocycles. The Hall–Kier alpha value is -2.88. The molecule has 3 rings (SSSR count). The van der Waals surface area contributed by atoms with Crippen LogP contribution in [0.3, 0.4) is 0 Å². The monoisotopic (exact) mass is 549 g/mol. The molecule has 172 valence electrons. The minimum Gasteiger partial charge on any atom is -0.496 e. The number of ether oxygens (including phenoxy) is 1. The molecule has 33 heavy (non-hydrogen) atoms. The molecule has 0 fully saturated rings. The highest BCUT2D eigenvalue weighted by Gasteiger charge is 2.28. The molecule has 0 unspecified atom stereocenters. The lowest BCUT2D eigenvalue weighted by atomic mass is 10.2. The first-order valence-electron chi connectivity index (χ1n) is 9.71. The molecule has 0 saturated carbocycles. The molecule has 3 aromatic carbocycles. The Morgan fingerprint density at radius 3 is 2.52 bits per heavy atom. The largest absolute Gasteiger partial charge is 0.496 e. The number of methoxy groups -OCH3 is 1. The highest BCUT2D eigenvalue weighted by atomic mass is 79.9. The van der Waals surface area contributed by atoms with Gasteiger partial charge in [-0.1, -0.05) is 41.4 Å². The normalized spacial score (nSPS) is 11.4. The van der Waals surface area contributed by atoms with Crippen LogP contribution in [-0.2, 0) is 14.8 Å². The Bertz CT molecular complexity index is 1280. The average molecular weight is 551 g/mol. The van der Waals surface area contributed by atoms with Gasteiger partial charge in [0, 0.05) is 5.02 Å². The van der Waals surface area contributed by atoms with E-state index in [1.54, 1.807) is 54.6 Å². The van der Waals surface area contributed by atoms with Crippen molar-refractivity contribution in [3.63, 3.8) is 0 Å². The van der Waals surface area contributed by atoms with Gasteiger partial charge >= 0.3 is 0 Å². The lowest BCUT2D eigenvalue weighted by molar-refractivity contribution is -0.119. The van der Waals surface area contributed by atoms with Crippen molar-refractivity contribution >= 4 is 55.4 Å². The van der Waals surface area contributed by atoms with E-state index in [9.17, 15) is 13.2 Å². The summed E-state index contributed by atoms with van der Waals surface area (Å²) in [4.78, 5) is 12.6. The van der Waals surface area contributed by atoms with E-state index in [-0.39, 0.29) is 4.90 Å². The Labute approximate surface area is 206 Å². The number of benzene rings is 3. The maximum Gasteiger partial charge on any atom is 0.264 e. The van der Waals surface area contributed by atoms with Crippen LogP contribution in [0, 0.1) is 6.92 Å². The summed E-state index contributed by atoms with van der Waals surface area (Å²) in [7, 11) is -2.59. The highest BCUT2D eigenvalue weighted by Crippen LogP contribution is 2.30. The number of carbonyl (C=O) groups is 1. The van der Waals surface area contributed by atoms with E-state index in [2.05, 4.69) is 26.5 Å². The van der Waals surface area contributed by atoms with E-state index in [0.717, 1.165) is 9.87 Å². The smallest absolute Gasteiger partial charge is 0.264 e. The first-order valence-corrected chi connectivity index (χ1v) is 12.3. The third kappa shape index (κ3) is 6.34. The third-order valence-electron chi connectivity index (χ3n) is 4.57. The summed E-state index contributed by atoms with van der Waals surface area (Å²) >= 11 is 9.25. The van der Waals surface area contributed by atoms with Crippen LogP contribution >= 0.6 is 27.5 Å². The van der Waals surface area contributed by atoms with Crippen LogP contribution in [0.1, 0.15) is 11.1 Å². The lowest BCUT2D eigenvalue weighted by Crippen LogP contribution is -2.39. The number of halogens is 2. The molecule has 7 nitrogen and oxygen atoms in total. The second-order valence-electron chi connectivity index (χ2n) is 6.99. The lowest BCUT2D eigenvalue weighted by Gasteiger charge is -2.24. The number of nitrogens with one attached hydrogen (secondary N) is 1. The van der Waals surface area contributed by atoms with Gasteiger partial charge in [0.2, 0.25) is 0 Å². The van der Waals surface area contributed by atoms with E-state index >= 15 is 0 Å². The number of aryl methyl sites for hydroxylation is 1. The van der Waals surface area contributed by atoms with Crippen LogP contribution in [0.15, 0.2) is 81.2 Å². The quantitative estimate of drug-likeness (QED) is 0.323. The van der Waals surface area contributed by atoms with E-state index in [4.69, 9.17) is 16.3 Å². The summed E-state index contributed by atoms with van der Waals surface area (Å²) in [6.07, 6.45) is 1.43. The topological polar surface area (TPSA) is 88.1 Å². The van der Waals surface area contributed by atoms with Crippen molar-refractivity contribution in [2.75, 3.05) is 18.0 Å². The van der Waals surface area contributed by atoms with Gasteiger partial charge in [-0.05, 0) is 70.9 Å². The molecule has 0 aliphatic rings. The molecule has 0 aliphatic heterocycles. The number of hydrogen-bond acceptors (Lipinski definition) is 5. The molecule has 10 heteroatoms. The zero-order valence-electron chi connectivity index (χ0n) is 17.8. The minimum absolute atomic E-state index is 0.00554. The van der Waals surface area contributed by atoms with Crippen molar-refractivity contribution in [3.8, 4) is 5.75 Å². The predicted molar refractivity (Wildman–Crippen MR) is 134 cm³/mol. The van der Waals surface area contributed by atoms with Crippen molar-refractivity contribution < 1.29 is 17.9 Å². The van der Waals surface area contributed by atoms with E-state index in [0.29, 0.717) is 26.5 Å². The van der Waals surface area contributed by atoms with Crippen LogP contribution < -0.4 is 14.5 Å². The maximum atomic E-state index is 13.5. The fraction of sp³-hybridized carbons (Fsp3) is 0.130. The van der Waals surface area contributed by atoms with Crippen molar-refractivity contribution in [2.45, 2.75) is 11.8 Å². The number of anilines is 1. The number of amides is 1. The number of nitrogens with zero attached hydrogens (tertiary/aromatic N) is 2. The number of hydrazone groups is 1. The fourth-order valence-electron chi connectivity index (χ4n) is 2.89. The molecule has 0 radical (unpaired) electrons. The highest BCUT2D eigenvalue weighted by molar-refractivity contribution is 9.10. The fourth-order valence-corrected chi connectivity index (χ4v) is 5.23. The molecule has 0 heterocycles. The van der Waals surface area contributed by atoms with Gasteiger partial charge in [-0.15, -0.1) is 0 Å². The molecular formula is C23H21BrClN3O4S. The minimum atomic E-state index is -4.07. The second kappa shape index (κ2) is 10.8. The molecule has 3 aromatic rings. The van der Waals surface area contributed by atoms with Gasteiger partial charge in [0.15, 0.2) is 0 Å². The molecule has 0 aliphatic carbocycles.